The Morgan fingerprint density at radius 2 is 2.00 bits per heavy atom. The molecule has 0 saturated heterocycles. The summed E-state index contributed by atoms with van der Waals surface area (Å²) in [5, 5.41) is 6.63. The third-order valence-corrected chi connectivity index (χ3v) is 5.50. The Bertz CT molecular complexity index is 755. The van der Waals surface area contributed by atoms with Crippen molar-refractivity contribution in [1.29, 1.82) is 0 Å². The van der Waals surface area contributed by atoms with Gasteiger partial charge in [0, 0.05) is 10.9 Å². The Balaban J connectivity index is 1.63. The molecule has 3 rings (SSSR count). The zero-order valence-electron chi connectivity index (χ0n) is 13.6. The minimum Gasteiger partial charge on any atom is -0.365 e. The molecule has 0 fully saturated rings. The highest BCUT2D eigenvalue weighted by atomic mass is 32.1. The molecule has 4 N–H and O–H groups in total. The van der Waals surface area contributed by atoms with Crippen molar-refractivity contribution in [2.45, 2.75) is 32.2 Å². The largest absolute Gasteiger partial charge is 0.365 e. The van der Waals surface area contributed by atoms with Gasteiger partial charge < -0.3 is 16.4 Å². The van der Waals surface area contributed by atoms with Crippen LogP contribution < -0.4 is 16.4 Å². The van der Waals surface area contributed by atoms with E-state index in [4.69, 9.17) is 5.73 Å². The number of benzene rings is 1. The molecule has 1 aliphatic carbocycles. The van der Waals surface area contributed by atoms with Gasteiger partial charge in [-0.3, -0.25) is 9.59 Å². The summed E-state index contributed by atoms with van der Waals surface area (Å²) in [5.41, 5.74) is 8.15. The van der Waals surface area contributed by atoms with Crippen LogP contribution in [-0.4, -0.2) is 18.4 Å². The van der Waals surface area contributed by atoms with Crippen molar-refractivity contribution in [2.75, 3.05) is 11.9 Å². The second-order valence-electron chi connectivity index (χ2n) is 5.99. The minimum atomic E-state index is -0.463. The standard InChI is InChI=1S/C18H21N3O2S/c1-11(12-6-3-2-4-7-12)20-10-15(22)21-18-16(17(19)23)13-8-5-9-14(13)24-18/h2-4,6-7,11,20H,5,8-10H2,1H3,(H2,19,23)(H,21,22)/t11-/m0/s1. The number of nitrogens with two attached hydrogens (primary N) is 1. The molecule has 2 aromatic rings. The van der Waals surface area contributed by atoms with Crippen LogP contribution in [0.1, 0.15) is 45.7 Å². The number of anilines is 1. The van der Waals surface area contributed by atoms with E-state index in [2.05, 4.69) is 10.6 Å². The third-order valence-electron chi connectivity index (χ3n) is 4.29. The van der Waals surface area contributed by atoms with Gasteiger partial charge in [-0.05, 0) is 37.3 Å². The van der Waals surface area contributed by atoms with E-state index >= 15 is 0 Å². The summed E-state index contributed by atoms with van der Waals surface area (Å²) in [6.45, 7) is 2.19. The van der Waals surface area contributed by atoms with Gasteiger partial charge >= 0.3 is 0 Å². The van der Waals surface area contributed by atoms with Crippen molar-refractivity contribution in [3.63, 3.8) is 0 Å². The van der Waals surface area contributed by atoms with E-state index < -0.39 is 5.91 Å². The van der Waals surface area contributed by atoms with Crippen LogP contribution in [0.4, 0.5) is 5.00 Å². The van der Waals surface area contributed by atoms with Crippen LogP contribution in [-0.2, 0) is 17.6 Å². The monoisotopic (exact) mass is 343 g/mol. The van der Waals surface area contributed by atoms with E-state index in [1.54, 1.807) is 0 Å². The van der Waals surface area contributed by atoms with E-state index in [0.717, 1.165) is 30.4 Å². The van der Waals surface area contributed by atoms with E-state index in [9.17, 15) is 9.59 Å². The number of nitrogens with one attached hydrogen (secondary N) is 2. The number of amides is 2. The Labute approximate surface area is 145 Å². The van der Waals surface area contributed by atoms with Gasteiger partial charge in [-0.2, -0.15) is 0 Å². The van der Waals surface area contributed by atoms with Crippen molar-refractivity contribution in [3.05, 3.63) is 51.9 Å². The van der Waals surface area contributed by atoms with E-state index in [-0.39, 0.29) is 18.5 Å². The van der Waals surface area contributed by atoms with Crippen LogP contribution >= 0.6 is 11.3 Å². The van der Waals surface area contributed by atoms with Crippen LogP contribution in [0.15, 0.2) is 30.3 Å². The molecule has 2 amide bonds. The number of hydrogen-bond donors (Lipinski definition) is 3. The lowest BCUT2D eigenvalue weighted by Crippen LogP contribution is -2.30. The van der Waals surface area contributed by atoms with Gasteiger partial charge in [0.05, 0.1) is 12.1 Å². The number of rotatable bonds is 6. The van der Waals surface area contributed by atoms with Crippen LogP contribution in [0.5, 0.6) is 0 Å². The van der Waals surface area contributed by atoms with Gasteiger partial charge in [0.1, 0.15) is 5.00 Å². The fraction of sp³-hybridized carbons (Fsp3) is 0.333. The topological polar surface area (TPSA) is 84.2 Å². The van der Waals surface area contributed by atoms with Crippen molar-refractivity contribution >= 4 is 28.2 Å². The summed E-state index contributed by atoms with van der Waals surface area (Å²) in [7, 11) is 0. The zero-order valence-corrected chi connectivity index (χ0v) is 14.4. The van der Waals surface area contributed by atoms with E-state index in [1.165, 1.54) is 16.2 Å². The first-order valence-electron chi connectivity index (χ1n) is 8.08. The van der Waals surface area contributed by atoms with Crippen molar-refractivity contribution < 1.29 is 9.59 Å². The Morgan fingerprint density at radius 1 is 1.25 bits per heavy atom. The zero-order chi connectivity index (χ0) is 17.1. The molecule has 5 nitrogen and oxygen atoms in total. The number of carbonyl (C=O) groups is 2. The van der Waals surface area contributed by atoms with Gasteiger partial charge in [-0.15, -0.1) is 11.3 Å². The normalized spacial score (nSPS) is 14.2. The first-order valence-corrected chi connectivity index (χ1v) is 8.90. The maximum atomic E-state index is 12.2. The van der Waals surface area contributed by atoms with Gasteiger partial charge in [-0.1, -0.05) is 30.3 Å². The van der Waals surface area contributed by atoms with Crippen LogP contribution in [0.25, 0.3) is 0 Å². The summed E-state index contributed by atoms with van der Waals surface area (Å²) < 4.78 is 0. The second-order valence-corrected chi connectivity index (χ2v) is 7.09. The van der Waals surface area contributed by atoms with E-state index in [1.807, 2.05) is 37.3 Å². The van der Waals surface area contributed by atoms with Gasteiger partial charge in [-0.25, -0.2) is 0 Å². The second kappa shape index (κ2) is 7.15. The molecule has 126 valence electrons. The van der Waals surface area contributed by atoms with Crippen LogP contribution in [0.3, 0.4) is 0 Å². The summed E-state index contributed by atoms with van der Waals surface area (Å²) in [4.78, 5) is 25.1. The predicted molar refractivity (Wildman–Crippen MR) is 96.4 cm³/mol. The SMILES string of the molecule is C[C@H](NCC(=O)Nc1sc2c(c1C(N)=O)CCC2)c1ccccc1. The number of primary amides is 1. The quantitative estimate of drug-likeness (QED) is 0.754. The fourth-order valence-electron chi connectivity index (χ4n) is 3.03. The molecule has 1 aliphatic rings. The van der Waals surface area contributed by atoms with Crippen molar-refractivity contribution in [2.24, 2.45) is 5.73 Å². The molecule has 0 unspecified atom stereocenters. The molecule has 0 saturated carbocycles. The number of aryl methyl sites for hydroxylation is 1. The number of fused-ring (bicyclic) bond motifs is 1. The summed E-state index contributed by atoms with van der Waals surface area (Å²) in [5.74, 6) is -0.629. The molecule has 24 heavy (non-hydrogen) atoms. The highest BCUT2D eigenvalue weighted by Crippen LogP contribution is 2.38. The lowest BCUT2D eigenvalue weighted by molar-refractivity contribution is -0.115. The third kappa shape index (κ3) is 3.49. The molecule has 1 heterocycles. The van der Waals surface area contributed by atoms with Gasteiger partial charge in [0.15, 0.2) is 0 Å². The lowest BCUT2D eigenvalue weighted by atomic mass is 10.1. The summed E-state index contributed by atoms with van der Waals surface area (Å²) in [6.07, 6.45) is 2.87. The Hall–Kier alpha value is -2.18. The molecule has 0 bridgehead atoms. The highest BCUT2D eigenvalue weighted by molar-refractivity contribution is 7.17. The molecule has 6 heteroatoms. The molecule has 0 spiro atoms. The molecule has 0 aliphatic heterocycles. The summed E-state index contributed by atoms with van der Waals surface area (Å²) in [6, 6.07) is 10.0. The minimum absolute atomic E-state index is 0.0703. The lowest BCUT2D eigenvalue weighted by Gasteiger charge is -2.14. The van der Waals surface area contributed by atoms with Gasteiger partial charge in [0.2, 0.25) is 5.91 Å². The maximum Gasteiger partial charge on any atom is 0.251 e. The fourth-order valence-corrected chi connectivity index (χ4v) is 4.34. The van der Waals surface area contributed by atoms with Crippen molar-refractivity contribution in [1.82, 2.24) is 5.32 Å². The van der Waals surface area contributed by atoms with E-state index in [0.29, 0.717) is 10.6 Å². The smallest absolute Gasteiger partial charge is 0.251 e. The summed E-state index contributed by atoms with van der Waals surface area (Å²) >= 11 is 1.48. The molecule has 0 radical (unpaired) electrons. The Kier molecular flexibility index (Phi) is 4.97. The predicted octanol–water partition coefficient (Wildman–Crippen LogP) is 2.63. The van der Waals surface area contributed by atoms with Crippen LogP contribution in [0.2, 0.25) is 0 Å². The number of thiophene rings is 1. The average Bonchev–Trinajstić information content (AvgIpc) is 3.13. The first kappa shape index (κ1) is 16.7. The van der Waals surface area contributed by atoms with Crippen LogP contribution in [0, 0.1) is 0 Å². The maximum absolute atomic E-state index is 12.2. The number of hydrogen-bond acceptors (Lipinski definition) is 4. The highest BCUT2D eigenvalue weighted by Gasteiger charge is 2.26. The average molecular weight is 343 g/mol. The van der Waals surface area contributed by atoms with Gasteiger partial charge in [0.25, 0.3) is 5.91 Å². The molecular formula is C18H21N3O2S. The first-order chi connectivity index (χ1) is 11.6. The number of carbonyl (C=O) groups excluding carboxylic acids is 2. The Morgan fingerprint density at radius 3 is 2.71 bits per heavy atom. The molecular weight excluding hydrogens is 322 g/mol. The molecule has 1 aromatic heterocycles. The molecule has 1 atom stereocenters. The van der Waals surface area contributed by atoms with Crippen molar-refractivity contribution in [3.8, 4) is 0 Å². The molecule has 1 aromatic carbocycles.